The van der Waals surface area contributed by atoms with E-state index in [2.05, 4.69) is 15.0 Å². The van der Waals surface area contributed by atoms with Crippen LogP contribution in [0.25, 0.3) is 16.7 Å². The molecule has 1 unspecified atom stereocenters. The van der Waals surface area contributed by atoms with Crippen LogP contribution in [0.2, 0.25) is 5.02 Å². The first kappa shape index (κ1) is 25.8. The second-order valence-electron chi connectivity index (χ2n) is 10.4. The van der Waals surface area contributed by atoms with Crippen molar-refractivity contribution in [2.75, 3.05) is 18.8 Å². The third kappa shape index (κ3) is 5.52. The summed E-state index contributed by atoms with van der Waals surface area (Å²) >= 11 is 6.62. The van der Waals surface area contributed by atoms with Crippen molar-refractivity contribution in [1.29, 1.82) is 0 Å². The predicted octanol–water partition coefficient (Wildman–Crippen LogP) is 5.74. The molecule has 9 nitrogen and oxygen atoms in total. The van der Waals surface area contributed by atoms with E-state index in [0.717, 1.165) is 35.3 Å². The summed E-state index contributed by atoms with van der Waals surface area (Å²) in [7, 11) is 0. The number of hydrogen-bond acceptors (Lipinski definition) is 7. The number of fused-ring (bicyclic) bond motifs is 1. The van der Waals surface area contributed by atoms with E-state index < -0.39 is 5.60 Å². The van der Waals surface area contributed by atoms with Gasteiger partial charge in [-0.05, 0) is 63.9 Å². The zero-order valence-corrected chi connectivity index (χ0v) is 22.5. The van der Waals surface area contributed by atoms with E-state index in [1.807, 2.05) is 67.9 Å². The highest BCUT2D eigenvalue weighted by Crippen LogP contribution is 2.37. The molecule has 5 rings (SSSR count). The Morgan fingerprint density at radius 1 is 1.18 bits per heavy atom. The van der Waals surface area contributed by atoms with E-state index in [-0.39, 0.29) is 12.0 Å². The fourth-order valence-electron chi connectivity index (χ4n) is 4.72. The molecule has 4 aromatic rings. The van der Waals surface area contributed by atoms with E-state index in [1.54, 1.807) is 11.1 Å². The number of nitrogens with two attached hydrogens (primary N) is 1. The van der Waals surface area contributed by atoms with Crippen LogP contribution < -0.4 is 10.5 Å². The summed E-state index contributed by atoms with van der Waals surface area (Å²) in [4.78, 5) is 27.6. The molecule has 2 N–H and O–H groups in total. The molecule has 1 fully saturated rings. The van der Waals surface area contributed by atoms with E-state index >= 15 is 0 Å². The normalized spacial score (nSPS) is 16.0. The Labute approximate surface area is 226 Å². The number of aromatic nitrogens is 4. The number of amides is 1. The number of pyridine rings is 1. The molecular weight excluding hydrogens is 504 g/mol. The van der Waals surface area contributed by atoms with Gasteiger partial charge in [-0.1, -0.05) is 17.7 Å². The third-order valence-corrected chi connectivity index (χ3v) is 6.74. The average molecular weight is 535 g/mol. The first-order valence-corrected chi connectivity index (χ1v) is 13.0. The minimum absolute atomic E-state index is 0.0748. The maximum absolute atomic E-state index is 12.8. The van der Waals surface area contributed by atoms with E-state index in [4.69, 9.17) is 26.8 Å². The Kier molecular flexibility index (Phi) is 7.12. The van der Waals surface area contributed by atoms with E-state index in [9.17, 15) is 4.79 Å². The van der Waals surface area contributed by atoms with Crippen molar-refractivity contribution >= 4 is 34.5 Å². The Morgan fingerprint density at radius 3 is 2.76 bits per heavy atom. The zero-order chi connectivity index (χ0) is 26.9. The van der Waals surface area contributed by atoms with Crippen LogP contribution in [0, 0.1) is 0 Å². The minimum atomic E-state index is -0.547. The quantitative estimate of drug-likeness (QED) is 0.347. The first-order valence-electron chi connectivity index (χ1n) is 12.6. The number of anilines is 1. The van der Waals surface area contributed by atoms with Gasteiger partial charge in [0.25, 0.3) is 0 Å². The molecule has 198 valence electrons. The van der Waals surface area contributed by atoms with Gasteiger partial charge in [0.15, 0.2) is 5.82 Å². The molecule has 0 saturated carbocycles. The number of piperidine rings is 1. The van der Waals surface area contributed by atoms with Gasteiger partial charge in [0.05, 0.1) is 16.2 Å². The lowest BCUT2D eigenvalue weighted by molar-refractivity contribution is 0.0198. The van der Waals surface area contributed by atoms with Gasteiger partial charge in [-0.3, -0.25) is 4.98 Å². The lowest BCUT2D eigenvalue weighted by Crippen LogP contribution is -2.42. The summed E-state index contributed by atoms with van der Waals surface area (Å²) in [5.74, 6) is 1.00. The van der Waals surface area contributed by atoms with Crippen molar-refractivity contribution in [1.82, 2.24) is 24.4 Å². The minimum Gasteiger partial charge on any atom is -0.486 e. The fourth-order valence-corrected chi connectivity index (χ4v) is 4.95. The smallest absolute Gasteiger partial charge is 0.410 e. The van der Waals surface area contributed by atoms with Gasteiger partial charge in [-0.25, -0.2) is 14.8 Å². The maximum atomic E-state index is 12.8. The highest BCUT2D eigenvalue weighted by Gasteiger charge is 2.31. The van der Waals surface area contributed by atoms with Crippen LogP contribution >= 0.6 is 11.6 Å². The van der Waals surface area contributed by atoms with Crippen molar-refractivity contribution in [3.05, 3.63) is 71.4 Å². The zero-order valence-electron chi connectivity index (χ0n) is 21.7. The number of halogens is 1. The lowest BCUT2D eigenvalue weighted by atomic mass is 9.92. The molecule has 0 bridgehead atoms. The predicted molar refractivity (Wildman–Crippen MR) is 147 cm³/mol. The SMILES string of the molecule is CC(C)(C)OC(=O)N1CCCC(c2cn(-c3ccc(OCc4ccccn4)c(Cl)c3)c3c(N)ncnc23)C1. The van der Waals surface area contributed by atoms with Gasteiger partial charge >= 0.3 is 6.09 Å². The first-order chi connectivity index (χ1) is 18.2. The van der Waals surface area contributed by atoms with E-state index in [1.165, 1.54) is 6.33 Å². The van der Waals surface area contributed by atoms with Crippen LogP contribution in [-0.4, -0.2) is 49.2 Å². The Hall–Kier alpha value is -3.85. The second kappa shape index (κ2) is 10.5. The molecule has 1 aliphatic rings. The second-order valence-corrected chi connectivity index (χ2v) is 10.8. The Balaban J connectivity index is 1.44. The number of likely N-dealkylation sites (tertiary alicyclic amines) is 1. The summed E-state index contributed by atoms with van der Waals surface area (Å²) in [6.45, 7) is 7.14. The average Bonchev–Trinajstić information content (AvgIpc) is 3.29. The summed E-state index contributed by atoms with van der Waals surface area (Å²) in [5.41, 5.74) is 9.89. The van der Waals surface area contributed by atoms with E-state index in [0.29, 0.717) is 41.8 Å². The van der Waals surface area contributed by atoms with Crippen molar-refractivity contribution in [2.45, 2.75) is 51.7 Å². The molecule has 4 heterocycles. The standard InChI is InChI=1S/C28H31ClN6O3/c1-28(2,3)38-27(36)34-12-6-7-18(14-34)21-15-35(25-24(21)32-17-33-26(25)30)20-9-10-23(22(29)13-20)37-16-19-8-4-5-11-31-19/h4-5,8-11,13,15,17-18H,6-7,12,14,16H2,1-3H3,(H2,30,32,33). The lowest BCUT2D eigenvalue weighted by Gasteiger charge is -2.34. The Morgan fingerprint density at radius 2 is 2.03 bits per heavy atom. The van der Waals surface area contributed by atoms with Crippen LogP contribution in [0.5, 0.6) is 5.75 Å². The van der Waals surface area contributed by atoms with Crippen LogP contribution in [-0.2, 0) is 11.3 Å². The molecule has 0 spiro atoms. The van der Waals surface area contributed by atoms with Crippen molar-refractivity contribution in [3.63, 3.8) is 0 Å². The summed E-state index contributed by atoms with van der Waals surface area (Å²) < 4.78 is 13.5. The van der Waals surface area contributed by atoms with Gasteiger partial charge in [-0.2, -0.15) is 0 Å². The highest BCUT2D eigenvalue weighted by molar-refractivity contribution is 6.32. The van der Waals surface area contributed by atoms with Gasteiger partial charge < -0.3 is 24.7 Å². The summed E-state index contributed by atoms with van der Waals surface area (Å²) in [6, 6.07) is 11.3. The van der Waals surface area contributed by atoms with Gasteiger partial charge in [0.2, 0.25) is 0 Å². The number of rotatable bonds is 5. The number of hydrogen-bond donors (Lipinski definition) is 1. The highest BCUT2D eigenvalue weighted by atomic mass is 35.5. The number of nitrogens with zero attached hydrogens (tertiary/aromatic N) is 5. The number of ether oxygens (including phenoxy) is 2. The molecule has 38 heavy (non-hydrogen) atoms. The summed E-state index contributed by atoms with van der Waals surface area (Å²) in [6.07, 6.45) is 6.71. The van der Waals surface area contributed by atoms with Gasteiger partial charge in [-0.15, -0.1) is 0 Å². The number of nitrogen functional groups attached to an aromatic ring is 1. The van der Waals surface area contributed by atoms with Gasteiger partial charge in [0.1, 0.15) is 29.8 Å². The van der Waals surface area contributed by atoms with Crippen LogP contribution in [0.4, 0.5) is 10.6 Å². The topological polar surface area (TPSA) is 108 Å². The largest absolute Gasteiger partial charge is 0.486 e. The van der Waals surface area contributed by atoms with Crippen molar-refractivity contribution < 1.29 is 14.3 Å². The summed E-state index contributed by atoms with van der Waals surface area (Å²) in [5, 5.41) is 0.464. The molecule has 3 aromatic heterocycles. The van der Waals surface area contributed by atoms with Crippen LogP contribution in [0.1, 0.15) is 50.8 Å². The van der Waals surface area contributed by atoms with Gasteiger partial charge in [0, 0.05) is 42.7 Å². The molecule has 1 saturated heterocycles. The molecule has 1 aliphatic heterocycles. The number of benzene rings is 1. The molecule has 0 aliphatic carbocycles. The fraction of sp³-hybridized carbons (Fsp3) is 0.357. The molecule has 10 heteroatoms. The maximum Gasteiger partial charge on any atom is 0.410 e. The van der Waals surface area contributed by atoms with Crippen LogP contribution in [0.3, 0.4) is 0 Å². The third-order valence-electron chi connectivity index (χ3n) is 6.44. The molecule has 0 radical (unpaired) electrons. The molecule has 1 atom stereocenters. The monoisotopic (exact) mass is 534 g/mol. The van der Waals surface area contributed by atoms with Crippen molar-refractivity contribution in [2.24, 2.45) is 0 Å². The molecular formula is C28H31ClN6O3. The number of carbonyl (C=O) groups excluding carboxylic acids is 1. The van der Waals surface area contributed by atoms with Crippen LogP contribution in [0.15, 0.2) is 55.1 Å². The van der Waals surface area contributed by atoms with Crippen molar-refractivity contribution in [3.8, 4) is 11.4 Å². The number of carbonyl (C=O) groups is 1. The Bertz CT molecular complexity index is 1450. The molecule has 1 aromatic carbocycles. The molecule has 1 amide bonds.